The molecule has 0 aliphatic heterocycles. The highest BCUT2D eigenvalue weighted by molar-refractivity contribution is 5.96. The third kappa shape index (κ3) is 5.32. The van der Waals surface area contributed by atoms with E-state index in [9.17, 15) is 19.2 Å². The van der Waals surface area contributed by atoms with Crippen molar-refractivity contribution < 1.29 is 38.1 Å². The number of rotatable bonds is 8. The summed E-state index contributed by atoms with van der Waals surface area (Å²) in [5.41, 5.74) is 0. The number of hydrogen-bond donors (Lipinski definition) is 1. The monoisotopic (exact) mass is 319 g/mol. The van der Waals surface area contributed by atoms with Gasteiger partial charge >= 0.3 is 17.9 Å². The van der Waals surface area contributed by atoms with E-state index in [-0.39, 0.29) is 6.61 Å². The van der Waals surface area contributed by atoms with E-state index in [1.165, 1.54) is 14.0 Å². The van der Waals surface area contributed by atoms with Gasteiger partial charge in [0, 0.05) is 13.0 Å². The first-order valence-electron chi connectivity index (χ1n) is 6.35. The molecule has 0 aliphatic carbocycles. The molecule has 0 aliphatic rings. The van der Waals surface area contributed by atoms with Crippen molar-refractivity contribution >= 4 is 23.8 Å². The number of amides is 1. The van der Waals surface area contributed by atoms with Gasteiger partial charge in [0.05, 0.1) is 21.3 Å². The Morgan fingerprint density at radius 1 is 0.864 bits per heavy atom. The lowest BCUT2D eigenvalue weighted by Crippen LogP contribution is -2.51. The molecule has 0 aromatic heterocycles. The third-order valence-electron chi connectivity index (χ3n) is 3.01. The van der Waals surface area contributed by atoms with E-state index in [1.54, 1.807) is 0 Å². The zero-order valence-corrected chi connectivity index (χ0v) is 13.2. The molecule has 1 N–H and O–H groups in total. The lowest BCUT2D eigenvalue weighted by molar-refractivity contribution is -0.163. The zero-order chi connectivity index (χ0) is 17.3. The number of hydrogen-bond acceptors (Lipinski definition) is 8. The number of methoxy groups -OCH3 is 4. The van der Waals surface area contributed by atoms with Gasteiger partial charge in [0.15, 0.2) is 5.92 Å². The van der Waals surface area contributed by atoms with E-state index < -0.39 is 41.7 Å². The standard InChI is InChI=1S/C13H21NO8/c1-7(9(11(16)20-3)12(17)21-4)10(13(18)22-5)14-8(15)6-19-2/h7,9-10H,6H2,1-5H3,(H,14,15)/t7-,10+/m1/s1. The van der Waals surface area contributed by atoms with Crippen molar-refractivity contribution in [1.29, 1.82) is 0 Å². The maximum Gasteiger partial charge on any atom is 0.328 e. The Kier molecular flexibility index (Phi) is 8.76. The molecule has 0 heterocycles. The average Bonchev–Trinajstić information content (AvgIpc) is 2.51. The summed E-state index contributed by atoms with van der Waals surface area (Å²) in [6.45, 7) is 1.13. The van der Waals surface area contributed by atoms with Crippen molar-refractivity contribution in [1.82, 2.24) is 5.32 Å². The predicted molar refractivity (Wildman–Crippen MR) is 72.5 cm³/mol. The molecule has 126 valence electrons. The second-order valence-corrected chi connectivity index (χ2v) is 4.38. The van der Waals surface area contributed by atoms with Crippen LogP contribution in [0.1, 0.15) is 6.92 Å². The predicted octanol–water partition coefficient (Wildman–Crippen LogP) is -1.11. The van der Waals surface area contributed by atoms with E-state index in [0.29, 0.717) is 0 Å². The number of esters is 3. The lowest BCUT2D eigenvalue weighted by Gasteiger charge is -2.26. The Hall–Kier alpha value is -2.16. The van der Waals surface area contributed by atoms with Gasteiger partial charge in [0.1, 0.15) is 12.6 Å². The van der Waals surface area contributed by atoms with Gasteiger partial charge in [-0.25, -0.2) is 4.79 Å². The number of ether oxygens (including phenoxy) is 4. The summed E-state index contributed by atoms with van der Waals surface area (Å²) >= 11 is 0. The van der Waals surface area contributed by atoms with E-state index in [1.807, 2.05) is 0 Å². The largest absolute Gasteiger partial charge is 0.468 e. The molecule has 0 bridgehead atoms. The van der Waals surface area contributed by atoms with Crippen LogP contribution in [-0.2, 0) is 38.1 Å². The topological polar surface area (TPSA) is 117 Å². The average molecular weight is 319 g/mol. The Morgan fingerprint density at radius 3 is 1.68 bits per heavy atom. The van der Waals surface area contributed by atoms with Crippen molar-refractivity contribution in [3.8, 4) is 0 Å². The minimum Gasteiger partial charge on any atom is -0.468 e. The second kappa shape index (κ2) is 9.72. The van der Waals surface area contributed by atoms with Gasteiger partial charge < -0.3 is 24.3 Å². The molecule has 0 aromatic rings. The molecule has 0 radical (unpaired) electrons. The maximum absolute atomic E-state index is 11.8. The van der Waals surface area contributed by atoms with Gasteiger partial charge in [-0.3, -0.25) is 14.4 Å². The van der Waals surface area contributed by atoms with Gasteiger partial charge in [0.25, 0.3) is 0 Å². The van der Waals surface area contributed by atoms with E-state index in [0.717, 1.165) is 21.3 Å². The van der Waals surface area contributed by atoms with E-state index >= 15 is 0 Å². The fraction of sp³-hybridized carbons (Fsp3) is 0.692. The third-order valence-corrected chi connectivity index (χ3v) is 3.01. The highest BCUT2D eigenvalue weighted by atomic mass is 16.5. The first-order valence-corrected chi connectivity index (χ1v) is 6.35. The Balaban J connectivity index is 5.39. The van der Waals surface area contributed by atoms with Crippen LogP contribution in [-0.4, -0.2) is 64.9 Å². The van der Waals surface area contributed by atoms with Crippen LogP contribution in [0.15, 0.2) is 0 Å². The van der Waals surface area contributed by atoms with Gasteiger partial charge in [-0.05, 0) is 0 Å². The van der Waals surface area contributed by atoms with Crippen LogP contribution in [0.25, 0.3) is 0 Å². The molecule has 1 amide bonds. The zero-order valence-electron chi connectivity index (χ0n) is 13.2. The van der Waals surface area contributed by atoms with Crippen LogP contribution >= 0.6 is 0 Å². The van der Waals surface area contributed by atoms with Gasteiger partial charge in [-0.1, -0.05) is 6.92 Å². The Bertz CT molecular complexity index is 406. The second-order valence-electron chi connectivity index (χ2n) is 4.38. The Labute approximate surface area is 128 Å². The van der Waals surface area contributed by atoms with Crippen LogP contribution in [0.3, 0.4) is 0 Å². The molecule has 0 aromatic carbocycles. The normalized spacial score (nSPS) is 13.0. The molecule has 0 unspecified atom stereocenters. The van der Waals surface area contributed by atoms with Crippen molar-refractivity contribution in [3.63, 3.8) is 0 Å². The molecule has 0 rings (SSSR count). The summed E-state index contributed by atoms with van der Waals surface area (Å²) in [6, 6.07) is -1.24. The summed E-state index contributed by atoms with van der Waals surface area (Å²) < 4.78 is 18.3. The quantitative estimate of drug-likeness (QED) is 0.340. The molecule has 9 heteroatoms. The minimum atomic E-state index is -1.39. The summed E-state index contributed by atoms with van der Waals surface area (Å²) in [4.78, 5) is 47.0. The molecule has 0 saturated heterocycles. The molecule has 0 saturated carbocycles. The number of nitrogens with one attached hydrogen (secondary N) is 1. The van der Waals surface area contributed by atoms with Crippen LogP contribution in [0.5, 0.6) is 0 Å². The summed E-state index contributed by atoms with van der Waals surface area (Å²) in [5.74, 6) is -5.51. The smallest absolute Gasteiger partial charge is 0.328 e. The Morgan fingerprint density at radius 2 is 1.32 bits per heavy atom. The first-order chi connectivity index (χ1) is 10.3. The SMILES string of the molecule is COCC(=O)N[C@H](C(=O)OC)[C@H](C)C(C(=O)OC)C(=O)OC. The summed E-state index contributed by atoms with van der Waals surface area (Å²) in [5, 5.41) is 2.35. The fourth-order valence-corrected chi connectivity index (χ4v) is 1.85. The van der Waals surface area contributed by atoms with Crippen molar-refractivity contribution in [3.05, 3.63) is 0 Å². The molecular formula is C13H21NO8. The number of carbonyl (C=O) groups excluding carboxylic acids is 4. The van der Waals surface area contributed by atoms with Crippen LogP contribution in [0.4, 0.5) is 0 Å². The van der Waals surface area contributed by atoms with Crippen molar-refractivity contribution in [2.45, 2.75) is 13.0 Å². The summed E-state index contributed by atoms with van der Waals surface area (Å²) in [6.07, 6.45) is 0. The van der Waals surface area contributed by atoms with E-state index in [2.05, 4.69) is 24.3 Å². The van der Waals surface area contributed by atoms with Crippen LogP contribution < -0.4 is 5.32 Å². The molecule has 2 atom stereocenters. The van der Waals surface area contributed by atoms with Crippen LogP contribution in [0.2, 0.25) is 0 Å². The van der Waals surface area contributed by atoms with Crippen molar-refractivity contribution in [2.75, 3.05) is 35.0 Å². The molecule has 0 fully saturated rings. The molecule has 9 nitrogen and oxygen atoms in total. The lowest BCUT2D eigenvalue weighted by atomic mass is 9.87. The van der Waals surface area contributed by atoms with Gasteiger partial charge in [0.2, 0.25) is 5.91 Å². The van der Waals surface area contributed by atoms with Gasteiger partial charge in [-0.2, -0.15) is 0 Å². The highest BCUT2D eigenvalue weighted by Gasteiger charge is 2.42. The van der Waals surface area contributed by atoms with Crippen LogP contribution in [0, 0.1) is 11.8 Å². The van der Waals surface area contributed by atoms with E-state index in [4.69, 9.17) is 0 Å². The molecule has 22 heavy (non-hydrogen) atoms. The van der Waals surface area contributed by atoms with Crippen molar-refractivity contribution in [2.24, 2.45) is 11.8 Å². The fourth-order valence-electron chi connectivity index (χ4n) is 1.85. The van der Waals surface area contributed by atoms with Gasteiger partial charge in [-0.15, -0.1) is 0 Å². The highest BCUT2D eigenvalue weighted by Crippen LogP contribution is 2.20. The molecule has 0 spiro atoms. The summed E-state index contributed by atoms with van der Waals surface area (Å²) in [7, 11) is 4.63. The first kappa shape index (κ1) is 19.8. The number of carbonyl (C=O) groups is 4. The minimum absolute atomic E-state index is 0.290. The molecular weight excluding hydrogens is 298 g/mol. The maximum atomic E-state index is 11.8.